The molecule has 5 nitrogen and oxygen atoms in total. The first-order chi connectivity index (χ1) is 9.69. The molecule has 1 amide bonds. The second kappa shape index (κ2) is 6.34. The van der Waals surface area contributed by atoms with Crippen LogP contribution in [-0.4, -0.2) is 10.9 Å². The molecule has 0 atom stereocenters. The van der Waals surface area contributed by atoms with Gasteiger partial charge in [0, 0.05) is 11.9 Å². The number of carbonyl (C=O) groups excluding carboxylic acids is 1. The summed E-state index contributed by atoms with van der Waals surface area (Å²) >= 11 is 0. The van der Waals surface area contributed by atoms with Gasteiger partial charge in [-0.1, -0.05) is 0 Å². The molecule has 0 saturated carbocycles. The first-order valence-electron chi connectivity index (χ1n) is 6.04. The molecular formula is C15H13N3O2. The molecule has 2 aromatic rings. The Morgan fingerprint density at radius 3 is 2.90 bits per heavy atom. The van der Waals surface area contributed by atoms with E-state index in [1.54, 1.807) is 30.6 Å². The number of nitrogens with one attached hydrogen (secondary N) is 1. The Bertz CT molecular complexity index is 648. The van der Waals surface area contributed by atoms with E-state index in [-0.39, 0.29) is 12.3 Å². The summed E-state index contributed by atoms with van der Waals surface area (Å²) in [7, 11) is 0. The van der Waals surface area contributed by atoms with Gasteiger partial charge in [0.15, 0.2) is 0 Å². The highest BCUT2D eigenvalue weighted by molar-refractivity contribution is 5.92. The fourth-order valence-corrected chi connectivity index (χ4v) is 1.65. The van der Waals surface area contributed by atoms with Gasteiger partial charge in [-0.25, -0.2) is 0 Å². The van der Waals surface area contributed by atoms with Crippen molar-refractivity contribution in [3.63, 3.8) is 0 Å². The molecule has 0 bridgehead atoms. The molecule has 100 valence electrons. The highest BCUT2D eigenvalue weighted by Crippen LogP contribution is 2.25. The first-order valence-corrected chi connectivity index (χ1v) is 6.04. The second-order valence-electron chi connectivity index (χ2n) is 4.15. The number of nitriles is 1. The van der Waals surface area contributed by atoms with Gasteiger partial charge >= 0.3 is 0 Å². The number of amides is 1. The van der Waals surface area contributed by atoms with Crippen molar-refractivity contribution >= 4 is 11.6 Å². The number of pyridine rings is 1. The minimum absolute atomic E-state index is 0.159. The van der Waals surface area contributed by atoms with E-state index in [2.05, 4.69) is 10.3 Å². The van der Waals surface area contributed by atoms with Gasteiger partial charge in [0.1, 0.15) is 17.9 Å². The van der Waals surface area contributed by atoms with Crippen molar-refractivity contribution in [2.45, 2.75) is 13.3 Å². The molecule has 1 heterocycles. The molecule has 2 rings (SSSR count). The molecule has 0 unspecified atom stereocenters. The van der Waals surface area contributed by atoms with E-state index in [9.17, 15) is 4.79 Å². The number of hydrogen-bond acceptors (Lipinski definition) is 4. The number of carbonyl (C=O) groups is 1. The van der Waals surface area contributed by atoms with Crippen LogP contribution in [0.5, 0.6) is 11.5 Å². The molecule has 0 aliphatic carbocycles. The monoisotopic (exact) mass is 267 g/mol. The molecule has 1 aromatic carbocycles. The Kier molecular flexibility index (Phi) is 4.30. The van der Waals surface area contributed by atoms with Gasteiger partial charge in [0.25, 0.3) is 0 Å². The lowest BCUT2D eigenvalue weighted by Gasteiger charge is -2.10. The third-order valence-electron chi connectivity index (χ3n) is 2.58. The topological polar surface area (TPSA) is 75.0 Å². The first kappa shape index (κ1) is 13.6. The number of nitrogens with zero attached hydrogens (tertiary/aromatic N) is 2. The third kappa shape index (κ3) is 3.56. The highest BCUT2D eigenvalue weighted by atomic mass is 16.5. The fraction of sp³-hybridized carbons (Fsp3) is 0.133. The van der Waals surface area contributed by atoms with Crippen LogP contribution in [-0.2, 0) is 4.79 Å². The standard InChI is InChI=1S/C15H13N3O2/c1-11-9-12(20-13-3-2-8-17-10-13)4-5-14(11)18-15(19)6-7-16/h2-5,8-10H,6H2,1H3,(H,18,19). The van der Waals surface area contributed by atoms with Crippen molar-refractivity contribution in [3.05, 3.63) is 48.3 Å². The van der Waals surface area contributed by atoms with Gasteiger partial charge in [0.2, 0.25) is 5.91 Å². The maximum Gasteiger partial charge on any atom is 0.238 e. The van der Waals surface area contributed by atoms with Crippen LogP contribution in [0.4, 0.5) is 5.69 Å². The summed E-state index contributed by atoms with van der Waals surface area (Å²) in [6.07, 6.45) is 3.14. The zero-order valence-corrected chi connectivity index (χ0v) is 11.0. The number of benzene rings is 1. The summed E-state index contributed by atoms with van der Waals surface area (Å²) < 4.78 is 5.64. The van der Waals surface area contributed by atoms with Crippen molar-refractivity contribution in [1.29, 1.82) is 5.26 Å². The molecule has 0 saturated heterocycles. The number of ether oxygens (including phenoxy) is 1. The molecule has 0 spiro atoms. The Labute approximate surface area is 116 Å². The molecular weight excluding hydrogens is 254 g/mol. The van der Waals surface area contributed by atoms with Crippen LogP contribution in [0.15, 0.2) is 42.7 Å². The SMILES string of the molecule is Cc1cc(Oc2cccnc2)ccc1NC(=O)CC#N. The van der Waals surface area contributed by atoms with Crippen LogP contribution in [0.25, 0.3) is 0 Å². The van der Waals surface area contributed by atoms with E-state index in [4.69, 9.17) is 10.00 Å². The number of rotatable bonds is 4. The molecule has 0 aliphatic heterocycles. The van der Waals surface area contributed by atoms with Gasteiger partial charge in [-0.2, -0.15) is 5.26 Å². The summed E-state index contributed by atoms with van der Waals surface area (Å²) in [5, 5.41) is 11.1. The summed E-state index contributed by atoms with van der Waals surface area (Å²) in [5.41, 5.74) is 1.53. The van der Waals surface area contributed by atoms with Crippen LogP contribution >= 0.6 is 0 Å². The van der Waals surface area contributed by atoms with Crippen molar-refractivity contribution in [2.75, 3.05) is 5.32 Å². The molecule has 0 radical (unpaired) electrons. The number of anilines is 1. The minimum Gasteiger partial charge on any atom is -0.456 e. The van der Waals surface area contributed by atoms with Crippen molar-refractivity contribution in [1.82, 2.24) is 4.98 Å². The third-order valence-corrected chi connectivity index (χ3v) is 2.58. The van der Waals surface area contributed by atoms with Crippen LogP contribution in [0, 0.1) is 18.3 Å². The van der Waals surface area contributed by atoms with Crippen LogP contribution in [0.1, 0.15) is 12.0 Å². The van der Waals surface area contributed by atoms with Crippen LogP contribution in [0.2, 0.25) is 0 Å². The maximum atomic E-state index is 11.4. The quantitative estimate of drug-likeness (QED) is 0.923. The van der Waals surface area contributed by atoms with Crippen molar-refractivity contribution < 1.29 is 9.53 Å². The molecule has 0 aliphatic rings. The van der Waals surface area contributed by atoms with E-state index in [0.717, 1.165) is 5.56 Å². The van der Waals surface area contributed by atoms with Gasteiger partial charge in [-0.15, -0.1) is 0 Å². The lowest BCUT2D eigenvalue weighted by Crippen LogP contribution is -2.11. The van der Waals surface area contributed by atoms with E-state index in [0.29, 0.717) is 17.2 Å². The lowest BCUT2D eigenvalue weighted by atomic mass is 10.2. The highest BCUT2D eigenvalue weighted by Gasteiger charge is 2.06. The molecule has 5 heteroatoms. The lowest BCUT2D eigenvalue weighted by molar-refractivity contribution is -0.115. The summed E-state index contributed by atoms with van der Waals surface area (Å²) in [5.74, 6) is 0.985. The van der Waals surface area contributed by atoms with E-state index < -0.39 is 0 Å². The summed E-state index contributed by atoms with van der Waals surface area (Å²) in [4.78, 5) is 15.3. The molecule has 0 fully saturated rings. The van der Waals surface area contributed by atoms with E-state index >= 15 is 0 Å². The second-order valence-corrected chi connectivity index (χ2v) is 4.15. The number of aryl methyl sites for hydroxylation is 1. The molecule has 20 heavy (non-hydrogen) atoms. The van der Waals surface area contributed by atoms with E-state index in [1.807, 2.05) is 25.1 Å². The zero-order valence-electron chi connectivity index (χ0n) is 11.0. The average molecular weight is 267 g/mol. The number of hydrogen-bond donors (Lipinski definition) is 1. The smallest absolute Gasteiger partial charge is 0.238 e. The maximum absolute atomic E-state index is 11.4. The largest absolute Gasteiger partial charge is 0.456 e. The Hall–Kier alpha value is -2.87. The normalized spacial score (nSPS) is 9.60. The molecule has 1 aromatic heterocycles. The zero-order chi connectivity index (χ0) is 14.4. The van der Waals surface area contributed by atoms with E-state index in [1.165, 1.54) is 0 Å². The summed E-state index contributed by atoms with van der Waals surface area (Å²) in [6.45, 7) is 1.86. The van der Waals surface area contributed by atoms with Crippen LogP contribution in [0.3, 0.4) is 0 Å². The van der Waals surface area contributed by atoms with Gasteiger partial charge in [-0.3, -0.25) is 9.78 Å². The Morgan fingerprint density at radius 1 is 1.40 bits per heavy atom. The fourth-order valence-electron chi connectivity index (χ4n) is 1.65. The van der Waals surface area contributed by atoms with Crippen LogP contribution < -0.4 is 10.1 Å². The molecule has 1 N–H and O–H groups in total. The minimum atomic E-state index is -0.323. The Morgan fingerprint density at radius 2 is 2.25 bits per heavy atom. The Balaban J connectivity index is 2.10. The van der Waals surface area contributed by atoms with Gasteiger partial charge < -0.3 is 10.1 Å². The van der Waals surface area contributed by atoms with Gasteiger partial charge in [0.05, 0.1) is 12.3 Å². The summed E-state index contributed by atoms with van der Waals surface area (Å²) in [6, 6.07) is 10.7. The predicted molar refractivity (Wildman–Crippen MR) is 74.3 cm³/mol. The average Bonchev–Trinajstić information content (AvgIpc) is 2.43. The van der Waals surface area contributed by atoms with Gasteiger partial charge in [-0.05, 0) is 42.8 Å². The number of aromatic nitrogens is 1. The van der Waals surface area contributed by atoms with Crippen molar-refractivity contribution in [2.24, 2.45) is 0 Å². The van der Waals surface area contributed by atoms with Crippen molar-refractivity contribution in [3.8, 4) is 17.6 Å². The predicted octanol–water partition coefficient (Wildman–Crippen LogP) is 3.03.